The quantitative estimate of drug-likeness (QED) is 0.756. The molecule has 1 amide bonds. The van der Waals surface area contributed by atoms with Crippen molar-refractivity contribution in [3.05, 3.63) is 53.3 Å². The number of aromatic nitrogens is 2. The minimum Gasteiger partial charge on any atom is -0.491 e. The van der Waals surface area contributed by atoms with Gasteiger partial charge in [-0.3, -0.25) is 9.20 Å². The summed E-state index contributed by atoms with van der Waals surface area (Å²) in [7, 11) is 0. The predicted octanol–water partition coefficient (Wildman–Crippen LogP) is 2.83. The molecule has 23 heavy (non-hydrogen) atoms. The van der Waals surface area contributed by atoms with Crippen molar-refractivity contribution in [2.75, 3.05) is 6.61 Å². The zero-order valence-electron chi connectivity index (χ0n) is 13.2. The largest absolute Gasteiger partial charge is 0.491 e. The lowest BCUT2D eigenvalue weighted by atomic mass is 10.2. The summed E-state index contributed by atoms with van der Waals surface area (Å²) in [5, 5.41) is 4.91. The number of hydrogen-bond donors (Lipinski definition) is 1. The molecule has 0 radical (unpaired) electrons. The molecule has 6 heteroatoms. The van der Waals surface area contributed by atoms with E-state index in [9.17, 15) is 4.79 Å². The van der Waals surface area contributed by atoms with Crippen molar-refractivity contribution in [2.24, 2.45) is 0 Å². The van der Waals surface area contributed by atoms with Gasteiger partial charge in [0.1, 0.15) is 12.4 Å². The molecular weight excluding hydrogens is 310 g/mol. The molecule has 1 atom stereocenters. The smallest absolute Gasteiger partial charge is 0.226 e. The molecule has 1 unspecified atom stereocenters. The average Bonchev–Trinajstić information content (AvgIpc) is 3.06. The highest BCUT2D eigenvalue weighted by Crippen LogP contribution is 2.13. The van der Waals surface area contributed by atoms with Crippen LogP contribution in [-0.2, 0) is 11.2 Å². The zero-order chi connectivity index (χ0) is 16.2. The molecule has 0 saturated carbocycles. The molecular formula is C17H19N3O2S. The molecule has 0 saturated heterocycles. The van der Waals surface area contributed by atoms with Crippen molar-refractivity contribution >= 4 is 22.2 Å². The van der Waals surface area contributed by atoms with Gasteiger partial charge in [-0.15, -0.1) is 11.3 Å². The minimum atomic E-state index is -0.0632. The van der Waals surface area contributed by atoms with Crippen molar-refractivity contribution in [1.82, 2.24) is 14.7 Å². The van der Waals surface area contributed by atoms with Gasteiger partial charge in [0, 0.05) is 17.8 Å². The van der Waals surface area contributed by atoms with E-state index in [0.29, 0.717) is 6.61 Å². The number of aryl methyl sites for hydroxylation is 1. The first-order chi connectivity index (χ1) is 11.1. The highest BCUT2D eigenvalue weighted by Gasteiger charge is 2.11. The molecule has 5 nitrogen and oxygen atoms in total. The molecule has 0 spiro atoms. The fraction of sp³-hybridized carbons (Fsp3) is 0.294. The van der Waals surface area contributed by atoms with Gasteiger partial charge in [0.2, 0.25) is 5.91 Å². The summed E-state index contributed by atoms with van der Waals surface area (Å²) in [6, 6.07) is 7.81. The Morgan fingerprint density at radius 1 is 1.48 bits per heavy atom. The normalized spacial score (nSPS) is 12.3. The van der Waals surface area contributed by atoms with E-state index in [4.69, 9.17) is 4.74 Å². The fourth-order valence-corrected chi connectivity index (χ4v) is 3.04. The molecule has 0 aliphatic rings. The number of fused-ring (bicyclic) bond motifs is 1. The topological polar surface area (TPSA) is 55.6 Å². The zero-order valence-corrected chi connectivity index (χ0v) is 14.0. The van der Waals surface area contributed by atoms with Crippen molar-refractivity contribution in [2.45, 2.75) is 26.3 Å². The standard InChI is InChI=1S/C17H19N3O2S/c1-12-4-3-5-15(8-12)22-11-13(2)18-16(21)9-14-10-20-6-7-23-17(20)19-14/h3-8,10,13H,9,11H2,1-2H3,(H,18,21). The second-order valence-electron chi connectivity index (χ2n) is 5.60. The number of amides is 1. The van der Waals surface area contributed by atoms with Gasteiger partial charge in [0.15, 0.2) is 4.96 Å². The molecule has 2 heterocycles. The number of hydrogen-bond acceptors (Lipinski definition) is 4. The molecule has 2 aromatic heterocycles. The van der Waals surface area contributed by atoms with Gasteiger partial charge in [-0.1, -0.05) is 12.1 Å². The van der Waals surface area contributed by atoms with Crippen LogP contribution in [0.25, 0.3) is 4.96 Å². The Morgan fingerprint density at radius 2 is 2.35 bits per heavy atom. The highest BCUT2D eigenvalue weighted by atomic mass is 32.1. The maximum absolute atomic E-state index is 12.1. The second kappa shape index (κ2) is 6.83. The monoisotopic (exact) mass is 329 g/mol. The van der Waals surface area contributed by atoms with Crippen LogP contribution in [0.15, 0.2) is 42.0 Å². The van der Waals surface area contributed by atoms with Gasteiger partial charge in [-0.2, -0.15) is 0 Å². The number of nitrogens with one attached hydrogen (secondary N) is 1. The van der Waals surface area contributed by atoms with E-state index in [1.807, 2.05) is 60.3 Å². The number of rotatable bonds is 6. The first-order valence-corrected chi connectivity index (χ1v) is 8.38. The fourth-order valence-electron chi connectivity index (χ4n) is 2.32. The summed E-state index contributed by atoms with van der Waals surface area (Å²) < 4.78 is 7.63. The van der Waals surface area contributed by atoms with Gasteiger partial charge in [0.25, 0.3) is 0 Å². The summed E-state index contributed by atoms with van der Waals surface area (Å²) in [6.45, 7) is 4.39. The Labute approximate surface area is 138 Å². The van der Waals surface area contributed by atoms with Crippen LogP contribution >= 0.6 is 11.3 Å². The SMILES string of the molecule is Cc1cccc(OCC(C)NC(=O)Cc2cn3ccsc3n2)c1. The predicted molar refractivity (Wildman–Crippen MR) is 91.1 cm³/mol. The number of benzene rings is 1. The van der Waals surface area contributed by atoms with Crippen LogP contribution in [0, 0.1) is 6.92 Å². The first kappa shape index (κ1) is 15.6. The van der Waals surface area contributed by atoms with Crippen LogP contribution in [0.3, 0.4) is 0 Å². The molecule has 0 aliphatic carbocycles. The summed E-state index contributed by atoms with van der Waals surface area (Å²) in [6.07, 6.45) is 4.11. The Hall–Kier alpha value is -2.34. The second-order valence-corrected chi connectivity index (χ2v) is 6.47. The van der Waals surface area contributed by atoms with E-state index in [-0.39, 0.29) is 18.4 Å². The maximum Gasteiger partial charge on any atom is 0.226 e. The third kappa shape index (κ3) is 4.10. The van der Waals surface area contributed by atoms with Gasteiger partial charge < -0.3 is 10.1 Å². The maximum atomic E-state index is 12.1. The van der Waals surface area contributed by atoms with Crippen LogP contribution in [0.5, 0.6) is 5.75 Å². The lowest BCUT2D eigenvalue weighted by Crippen LogP contribution is -2.37. The van der Waals surface area contributed by atoms with Crippen LogP contribution in [-0.4, -0.2) is 27.9 Å². The van der Waals surface area contributed by atoms with Gasteiger partial charge in [-0.05, 0) is 31.5 Å². The van der Waals surface area contributed by atoms with Crippen molar-refractivity contribution in [1.29, 1.82) is 0 Å². The number of carbonyl (C=O) groups excluding carboxylic acids is 1. The summed E-state index contributed by atoms with van der Waals surface area (Å²) in [5.41, 5.74) is 1.93. The molecule has 3 aromatic rings. The molecule has 0 fully saturated rings. The Bertz CT molecular complexity index is 780. The lowest BCUT2D eigenvalue weighted by molar-refractivity contribution is -0.121. The molecule has 3 rings (SSSR count). The summed E-state index contributed by atoms with van der Waals surface area (Å²) in [5.74, 6) is 0.775. The average molecular weight is 329 g/mol. The van der Waals surface area contributed by atoms with E-state index in [2.05, 4.69) is 10.3 Å². The number of thiazole rings is 1. The van der Waals surface area contributed by atoms with Gasteiger partial charge in [0.05, 0.1) is 18.2 Å². The van der Waals surface area contributed by atoms with Crippen molar-refractivity contribution in [3.63, 3.8) is 0 Å². The molecule has 1 N–H and O–H groups in total. The Morgan fingerprint density at radius 3 is 3.13 bits per heavy atom. The molecule has 1 aromatic carbocycles. The Balaban J connectivity index is 1.48. The van der Waals surface area contributed by atoms with Crippen LogP contribution in [0.1, 0.15) is 18.2 Å². The molecule has 0 aliphatic heterocycles. The number of nitrogens with zero attached hydrogens (tertiary/aromatic N) is 2. The van der Waals surface area contributed by atoms with E-state index in [0.717, 1.165) is 22.0 Å². The van der Waals surface area contributed by atoms with Gasteiger partial charge in [-0.25, -0.2) is 4.98 Å². The minimum absolute atomic E-state index is 0.0453. The van der Waals surface area contributed by atoms with Gasteiger partial charge >= 0.3 is 0 Å². The summed E-state index contributed by atoms with van der Waals surface area (Å²) in [4.78, 5) is 17.4. The molecule has 120 valence electrons. The van der Waals surface area contributed by atoms with Crippen molar-refractivity contribution in [3.8, 4) is 5.75 Å². The first-order valence-electron chi connectivity index (χ1n) is 7.50. The lowest BCUT2D eigenvalue weighted by Gasteiger charge is -2.15. The van der Waals surface area contributed by atoms with E-state index in [1.165, 1.54) is 0 Å². The number of ether oxygens (including phenoxy) is 1. The highest BCUT2D eigenvalue weighted by molar-refractivity contribution is 7.15. The van der Waals surface area contributed by atoms with E-state index < -0.39 is 0 Å². The van der Waals surface area contributed by atoms with Crippen LogP contribution in [0.4, 0.5) is 0 Å². The van der Waals surface area contributed by atoms with E-state index in [1.54, 1.807) is 11.3 Å². The third-order valence-corrected chi connectivity index (χ3v) is 4.15. The third-order valence-electron chi connectivity index (χ3n) is 3.38. The van der Waals surface area contributed by atoms with Crippen LogP contribution < -0.4 is 10.1 Å². The Kier molecular flexibility index (Phi) is 4.62. The molecule has 0 bridgehead atoms. The van der Waals surface area contributed by atoms with Crippen molar-refractivity contribution < 1.29 is 9.53 Å². The number of imidazole rings is 1. The summed E-state index contributed by atoms with van der Waals surface area (Å²) >= 11 is 1.56. The van der Waals surface area contributed by atoms with Crippen LogP contribution in [0.2, 0.25) is 0 Å². The van der Waals surface area contributed by atoms with E-state index >= 15 is 0 Å². The number of carbonyl (C=O) groups is 1.